The fourth-order valence-corrected chi connectivity index (χ4v) is 1.60. The molecule has 0 aliphatic carbocycles. The molecule has 1 aromatic rings. The van der Waals surface area contributed by atoms with Gasteiger partial charge in [0.1, 0.15) is 0 Å². The maximum Gasteiger partial charge on any atom is 0.352 e. The Morgan fingerprint density at radius 3 is 2.40 bits per heavy atom. The summed E-state index contributed by atoms with van der Waals surface area (Å²) >= 11 is 0. The third-order valence-corrected chi connectivity index (χ3v) is 2.56. The van der Waals surface area contributed by atoms with Gasteiger partial charge < -0.3 is 9.47 Å². The number of carbonyl (C=O) groups is 2. The van der Waals surface area contributed by atoms with Crippen molar-refractivity contribution in [3.8, 4) is 0 Å². The van der Waals surface area contributed by atoms with Gasteiger partial charge in [0.05, 0.1) is 6.10 Å². The SMILES string of the molecule is CCCCC(=O)OC(C(=O)OC(C)C)c1ccncc1. The third-order valence-electron chi connectivity index (χ3n) is 2.56. The maximum atomic E-state index is 12.0. The van der Waals surface area contributed by atoms with Crippen molar-refractivity contribution < 1.29 is 19.1 Å². The molecule has 0 radical (unpaired) electrons. The molecule has 0 bridgehead atoms. The molecule has 0 spiro atoms. The largest absolute Gasteiger partial charge is 0.460 e. The first-order valence-electron chi connectivity index (χ1n) is 6.84. The number of hydrogen-bond acceptors (Lipinski definition) is 5. The zero-order chi connectivity index (χ0) is 15.0. The molecular formula is C15H21NO4. The second kappa shape index (κ2) is 8.30. The number of unbranched alkanes of at least 4 members (excludes halogenated alkanes) is 1. The molecule has 0 N–H and O–H groups in total. The van der Waals surface area contributed by atoms with Crippen LogP contribution in [0.3, 0.4) is 0 Å². The van der Waals surface area contributed by atoms with Crippen LogP contribution in [-0.2, 0) is 19.1 Å². The molecular weight excluding hydrogens is 258 g/mol. The first-order chi connectivity index (χ1) is 9.54. The van der Waals surface area contributed by atoms with E-state index < -0.39 is 18.0 Å². The van der Waals surface area contributed by atoms with Gasteiger partial charge in [-0.3, -0.25) is 9.78 Å². The Balaban J connectivity index is 2.79. The summed E-state index contributed by atoms with van der Waals surface area (Å²) in [6.45, 7) is 5.49. The van der Waals surface area contributed by atoms with Crippen LogP contribution in [0.4, 0.5) is 0 Å². The molecule has 1 heterocycles. The molecule has 1 aromatic heterocycles. The van der Waals surface area contributed by atoms with Crippen LogP contribution < -0.4 is 0 Å². The molecule has 0 saturated carbocycles. The molecule has 5 heteroatoms. The fraction of sp³-hybridized carbons (Fsp3) is 0.533. The molecule has 1 atom stereocenters. The fourth-order valence-electron chi connectivity index (χ4n) is 1.60. The van der Waals surface area contributed by atoms with Crippen molar-refractivity contribution in [3.05, 3.63) is 30.1 Å². The molecule has 5 nitrogen and oxygen atoms in total. The van der Waals surface area contributed by atoms with Crippen molar-refractivity contribution in [2.75, 3.05) is 0 Å². The Morgan fingerprint density at radius 2 is 1.85 bits per heavy atom. The first kappa shape index (κ1) is 16.1. The van der Waals surface area contributed by atoms with Crippen LogP contribution in [0.25, 0.3) is 0 Å². The van der Waals surface area contributed by atoms with E-state index in [9.17, 15) is 9.59 Å². The Kier molecular flexibility index (Phi) is 6.70. The van der Waals surface area contributed by atoms with Crippen molar-refractivity contribution in [2.24, 2.45) is 0 Å². The average molecular weight is 279 g/mol. The highest BCUT2D eigenvalue weighted by Crippen LogP contribution is 2.20. The Labute approximate surface area is 119 Å². The van der Waals surface area contributed by atoms with Gasteiger partial charge in [0.25, 0.3) is 0 Å². The van der Waals surface area contributed by atoms with Crippen LogP contribution in [0.15, 0.2) is 24.5 Å². The number of nitrogens with zero attached hydrogens (tertiary/aromatic N) is 1. The molecule has 0 fully saturated rings. The van der Waals surface area contributed by atoms with Crippen LogP contribution in [0, 0.1) is 0 Å². The Hall–Kier alpha value is -1.91. The highest BCUT2D eigenvalue weighted by atomic mass is 16.6. The Morgan fingerprint density at radius 1 is 1.20 bits per heavy atom. The lowest BCUT2D eigenvalue weighted by Crippen LogP contribution is -2.24. The summed E-state index contributed by atoms with van der Waals surface area (Å²) in [7, 11) is 0. The van der Waals surface area contributed by atoms with E-state index in [0.717, 1.165) is 12.8 Å². The number of aromatic nitrogens is 1. The average Bonchev–Trinajstić information content (AvgIpc) is 2.42. The summed E-state index contributed by atoms with van der Waals surface area (Å²) in [6.07, 6.45) is 3.74. The number of ether oxygens (including phenoxy) is 2. The van der Waals surface area contributed by atoms with Gasteiger partial charge in [0, 0.05) is 24.4 Å². The van der Waals surface area contributed by atoms with Gasteiger partial charge in [-0.25, -0.2) is 4.79 Å². The van der Waals surface area contributed by atoms with Gasteiger partial charge in [-0.15, -0.1) is 0 Å². The van der Waals surface area contributed by atoms with Gasteiger partial charge in [-0.1, -0.05) is 13.3 Å². The lowest BCUT2D eigenvalue weighted by atomic mass is 10.1. The van der Waals surface area contributed by atoms with Crippen LogP contribution in [-0.4, -0.2) is 23.0 Å². The molecule has 0 saturated heterocycles. The summed E-state index contributed by atoms with van der Waals surface area (Å²) in [4.78, 5) is 27.7. The van der Waals surface area contributed by atoms with Crippen molar-refractivity contribution in [2.45, 2.75) is 52.2 Å². The number of carbonyl (C=O) groups excluding carboxylic acids is 2. The normalized spacial score (nSPS) is 12.0. The lowest BCUT2D eigenvalue weighted by molar-refractivity contribution is -0.171. The topological polar surface area (TPSA) is 65.5 Å². The van der Waals surface area contributed by atoms with Gasteiger partial charge >= 0.3 is 11.9 Å². The zero-order valence-corrected chi connectivity index (χ0v) is 12.2. The summed E-state index contributed by atoms with van der Waals surface area (Å²) in [5.74, 6) is -0.953. The van der Waals surface area contributed by atoms with Crippen molar-refractivity contribution in [1.29, 1.82) is 0 Å². The van der Waals surface area contributed by atoms with Gasteiger partial charge in [-0.2, -0.15) is 0 Å². The second-order valence-corrected chi connectivity index (χ2v) is 4.74. The minimum absolute atomic E-state index is 0.263. The van der Waals surface area contributed by atoms with E-state index in [1.807, 2.05) is 6.92 Å². The highest BCUT2D eigenvalue weighted by Gasteiger charge is 2.27. The molecule has 1 rings (SSSR count). The highest BCUT2D eigenvalue weighted by molar-refractivity contribution is 5.80. The Bertz CT molecular complexity index is 431. The van der Waals surface area contributed by atoms with Crippen molar-refractivity contribution in [1.82, 2.24) is 4.98 Å². The van der Waals surface area contributed by atoms with Crippen LogP contribution in [0.5, 0.6) is 0 Å². The standard InChI is InChI=1S/C15H21NO4/c1-4-5-6-13(17)20-14(15(18)19-11(2)3)12-7-9-16-10-8-12/h7-11,14H,4-6H2,1-3H3. The quantitative estimate of drug-likeness (QED) is 0.718. The maximum absolute atomic E-state index is 12.0. The van der Waals surface area contributed by atoms with E-state index in [0.29, 0.717) is 12.0 Å². The van der Waals surface area contributed by atoms with E-state index in [4.69, 9.17) is 9.47 Å². The summed E-state index contributed by atoms with van der Waals surface area (Å²) in [6, 6.07) is 3.28. The summed E-state index contributed by atoms with van der Waals surface area (Å²) in [5.41, 5.74) is 0.565. The number of rotatable bonds is 7. The molecule has 0 aliphatic rings. The summed E-state index contributed by atoms with van der Waals surface area (Å²) in [5, 5.41) is 0. The molecule has 20 heavy (non-hydrogen) atoms. The van der Waals surface area contributed by atoms with Gasteiger partial charge in [0.15, 0.2) is 0 Å². The molecule has 0 aromatic carbocycles. The minimum atomic E-state index is -1.02. The number of hydrogen-bond donors (Lipinski definition) is 0. The predicted octanol–water partition coefficient (Wildman–Crippen LogP) is 2.81. The minimum Gasteiger partial charge on any atom is -0.460 e. The van der Waals surface area contributed by atoms with E-state index >= 15 is 0 Å². The summed E-state index contributed by atoms with van der Waals surface area (Å²) < 4.78 is 10.4. The van der Waals surface area contributed by atoms with E-state index in [2.05, 4.69) is 4.98 Å². The van der Waals surface area contributed by atoms with Gasteiger partial charge in [-0.05, 0) is 32.4 Å². The van der Waals surface area contributed by atoms with Crippen LogP contribution in [0.1, 0.15) is 51.7 Å². The third kappa shape index (κ3) is 5.38. The molecule has 1 unspecified atom stereocenters. The van der Waals surface area contributed by atoms with Crippen molar-refractivity contribution in [3.63, 3.8) is 0 Å². The molecule has 0 aliphatic heterocycles. The van der Waals surface area contributed by atoms with Crippen molar-refractivity contribution >= 4 is 11.9 Å². The monoisotopic (exact) mass is 279 g/mol. The lowest BCUT2D eigenvalue weighted by Gasteiger charge is -2.18. The zero-order valence-electron chi connectivity index (χ0n) is 12.2. The van der Waals surface area contributed by atoms with E-state index in [1.165, 1.54) is 0 Å². The second-order valence-electron chi connectivity index (χ2n) is 4.74. The predicted molar refractivity (Wildman–Crippen MR) is 73.8 cm³/mol. The number of pyridine rings is 1. The first-order valence-corrected chi connectivity index (χ1v) is 6.84. The van der Waals surface area contributed by atoms with Crippen LogP contribution >= 0.6 is 0 Å². The smallest absolute Gasteiger partial charge is 0.352 e. The van der Waals surface area contributed by atoms with E-state index in [-0.39, 0.29) is 6.10 Å². The molecule has 0 amide bonds. The van der Waals surface area contributed by atoms with E-state index in [1.54, 1.807) is 38.4 Å². The van der Waals surface area contributed by atoms with Gasteiger partial charge in [0.2, 0.25) is 6.10 Å². The number of esters is 2. The van der Waals surface area contributed by atoms with Crippen LogP contribution in [0.2, 0.25) is 0 Å². The molecule has 110 valence electrons.